The molecule has 4 heterocycles. The predicted molar refractivity (Wildman–Crippen MR) is 133 cm³/mol. The molecule has 9 nitrogen and oxygen atoms in total. The second-order valence-corrected chi connectivity index (χ2v) is 10.2. The molecular weight excluding hydrogens is 442 g/mol. The average molecular weight is 474 g/mol. The summed E-state index contributed by atoms with van der Waals surface area (Å²) in [6.07, 6.45) is 7.73. The van der Waals surface area contributed by atoms with Gasteiger partial charge in [0.1, 0.15) is 11.5 Å². The van der Waals surface area contributed by atoms with Crippen molar-refractivity contribution < 1.29 is 9.59 Å². The van der Waals surface area contributed by atoms with Crippen LogP contribution in [-0.2, 0) is 24.2 Å². The highest BCUT2D eigenvalue weighted by Gasteiger charge is 2.29. The monoisotopic (exact) mass is 473 g/mol. The largest absolute Gasteiger partial charge is 0.366 e. The molecule has 3 aromatic heterocycles. The first-order valence-electron chi connectivity index (χ1n) is 12.2. The number of fused-ring (bicyclic) bond motifs is 1. The molecule has 1 aliphatic carbocycles. The van der Waals surface area contributed by atoms with Crippen molar-refractivity contribution in [3.63, 3.8) is 0 Å². The zero-order chi connectivity index (χ0) is 24.4. The van der Waals surface area contributed by atoms with Gasteiger partial charge in [-0.15, -0.1) is 0 Å². The number of aromatic nitrogens is 4. The number of anilines is 1. The number of hydrogen-bond acceptors (Lipinski definition) is 6. The van der Waals surface area contributed by atoms with Gasteiger partial charge in [-0.1, -0.05) is 19.9 Å². The number of carbonyl (C=O) groups is 2. The summed E-state index contributed by atoms with van der Waals surface area (Å²) in [5.74, 6) is 0.347. The summed E-state index contributed by atoms with van der Waals surface area (Å²) in [4.78, 5) is 33.3. The molecule has 1 atom stereocenters. The summed E-state index contributed by atoms with van der Waals surface area (Å²) in [6, 6.07) is 7.58. The summed E-state index contributed by atoms with van der Waals surface area (Å²) in [6.45, 7) is 5.46. The fraction of sp³-hybridized carbons (Fsp3) is 0.423. The fourth-order valence-electron chi connectivity index (χ4n) is 4.79. The van der Waals surface area contributed by atoms with Crippen molar-refractivity contribution >= 4 is 17.6 Å². The van der Waals surface area contributed by atoms with Crippen LogP contribution in [0.25, 0.3) is 11.3 Å². The van der Waals surface area contributed by atoms with Crippen LogP contribution in [0, 0.1) is 5.41 Å². The standard InChI is InChI=1S/C26H31N7O2/c1-26(2)8-7-19-21(12-26)32-33-24(19)17-10-20(25(35)29-15-18-5-6-23(34)30-18)31-22(11-17)28-14-16-4-3-9-27-13-16/h3-4,9-11,13,18H,5-8,12,14-15H2,1-2H3,(H,28,31)(H,29,35)(H,30,34)(H,32,33). The van der Waals surface area contributed by atoms with Crippen molar-refractivity contribution in [1.82, 2.24) is 30.8 Å². The predicted octanol–water partition coefficient (Wildman–Crippen LogP) is 3.00. The highest BCUT2D eigenvalue weighted by Crippen LogP contribution is 2.38. The van der Waals surface area contributed by atoms with Gasteiger partial charge < -0.3 is 16.0 Å². The lowest BCUT2D eigenvalue weighted by Crippen LogP contribution is -2.38. The van der Waals surface area contributed by atoms with Crippen LogP contribution >= 0.6 is 0 Å². The van der Waals surface area contributed by atoms with Gasteiger partial charge in [-0.25, -0.2) is 4.98 Å². The van der Waals surface area contributed by atoms with Crippen LogP contribution in [0.2, 0.25) is 0 Å². The molecule has 1 unspecified atom stereocenters. The number of amides is 2. The molecular formula is C26H31N7O2. The molecule has 1 saturated heterocycles. The van der Waals surface area contributed by atoms with Crippen LogP contribution in [0.15, 0.2) is 36.7 Å². The maximum atomic E-state index is 13.1. The third kappa shape index (κ3) is 5.34. The van der Waals surface area contributed by atoms with Gasteiger partial charge in [0.05, 0.1) is 5.69 Å². The van der Waals surface area contributed by atoms with E-state index in [1.165, 1.54) is 11.3 Å². The van der Waals surface area contributed by atoms with E-state index in [9.17, 15) is 9.59 Å². The lowest BCUT2D eigenvalue weighted by Gasteiger charge is -2.29. The molecule has 0 bridgehead atoms. The Bertz CT molecular complexity index is 1240. The van der Waals surface area contributed by atoms with Crippen LogP contribution in [0.1, 0.15) is 60.4 Å². The summed E-state index contributed by atoms with van der Waals surface area (Å²) in [7, 11) is 0. The fourth-order valence-corrected chi connectivity index (χ4v) is 4.79. The summed E-state index contributed by atoms with van der Waals surface area (Å²) in [5, 5.41) is 17.0. The molecule has 1 aliphatic heterocycles. The Balaban J connectivity index is 1.41. The minimum atomic E-state index is -0.275. The summed E-state index contributed by atoms with van der Waals surface area (Å²) in [5.41, 5.74) is 5.68. The second-order valence-electron chi connectivity index (χ2n) is 10.2. The number of hydrogen-bond donors (Lipinski definition) is 4. The van der Waals surface area contributed by atoms with Gasteiger partial charge in [-0.3, -0.25) is 19.7 Å². The van der Waals surface area contributed by atoms with E-state index in [0.29, 0.717) is 31.0 Å². The van der Waals surface area contributed by atoms with E-state index >= 15 is 0 Å². The first-order valence-corrected chi connectivity index (χ1v) is 12.2. The van der Waals surface area contributed by atoms with Gasteiger partial charge in [0.25, 0.3) is 5.91 Å². The highest BCUT2D eigenvalue weighted by molar-refractivity contribution is 5.94. The zero-order valence-corrected chi connectivity index (χ0v) is 20.1. The van der Waals surface area contributed by atoms with Crippen LogP contribution in [0.4, 0.5) is 5.82 Å². The number of rotatable bonds is 7. The molecule has 5 rings (SSSR count). The first-order chi connectivity index (χ1) is 16.9. The van der Waals surface area contributed by atoms with Crippen LogP contribution in [0.5, 0.6) is 0 Å². The van der Waals surface area contributed by atoms with Crippen molar-refractivity contribution in [2.45, 2.75) is 58.5 Å². The maximum Gasteiger partial charge on any atom is 0.270 e. The van der Waals surface area contributed by atoms with Crippen molar-refractivity contribution in [1.29, 1.82) is 0 Å². The topological polar surface area (TPSA) is 125 Å². The number of nitrogens with one attached hydrogen (secondary N) is 4. The van der Waals surface area contributed by atoms with E-state index in [1.54, 1.807) is 18.5 Å². The van der Waals surface area contributed by atoms with Crippen LogP contribution in [-0.4, -0.2) is 44.6 Å². The van der Waals surface area contributed by atoms with Gasteiger partial charge in [0, 0.05) is 54.8 Å². The minimum absolute atomic E-state index is 0.0257. The van der Waals surface area contributed by atoms with Gasteiger partial charge >= 0.3 is 0 Å². The zero-order valence-electron chi connectivity index (χ0n) is 20.1. The Labute approximate surface area is 204 Å². The lowest BCUT2D eigenvalue weighted by molar-refractivity contribution is -0.119. The number of nitrogens with zero attached hydrogens (tertiary/aromatic N) is 3. The average Bonchev–Trinajstić information content (AvgIpc) is 3.46. The minimum Gasteiger partial charge on any atom is -0.366 e. The molecule has 9 heteroatoms. The molecule has 182 valence electrons. The molecule has 0 spiro atoms. The van der Waals surface area contributed by atoms with Crippen LogP contribution in [0.3, 0.4) is 0 Å². The maximum absolute atomic E-state index is 13.1. The van der Waals surface area contributed by atoms with E-state index in [1.807, 2.05) is 18.2 Å². The van der Waals surface area contributed by atoms with Crippen molar-refractivity contribution in [2.75, 3.05) is 11.9 Å². The Morgan fingerprint density at radius 2 is 2.14 bits per heavy atom. The van der Waals surface area contributed by atoms with E-state index in [4.69, 9.17) is 0 Å². The number of aromatic amines is 1. The van der Waals surface area contributed by atoms with Gasteiger partial charge in [-0.05, 0) is 54.9 Å². The molecule has 1 fully saturated rings. The smallest absolute Gasteiger partial charge is 0.270 e. The number of carbonyl (C=O) groups excluding carboxylic acids is 2. The molecule has 35 heavy (non-hydrogen) atoms. The van der Waals surface area contributed by atoms with Crippen molar-refractivity contribution in [3.05, 3.63) is 59.2 Å². The molecule has 0 aromatic carbocycles. The Kier molecular flexibility index (Phi) is 6.23. The number of H-pyrrole nitrogens is 1. The Morgan fingerprint density at radius 3 is 2.91 bits per heavy atom. The molecule has 0 saturated carbocycles. The van der Waals surface area contributed by atoms with Gasteiger partial charge in [0.15, 0.2) is 0 Å². The van der Waals surface area contributed by atoms with E-state index < -0.39 is 0 Å². The quantitative estimate of drug-likeness (QED) is 0.418. The third-order valence-electron chi connectivity index (χ3n) is 6.78. The Hall–Kier alpha value is -3.75. The summed E-state index contributed by atoms with van der Waals surface area (Å²) >= 11 is 0. The Morgan fingerprint density at radius 1 is 1.26 bits per heavy atom. The highest BCUT2D eigenvalue weighted by atomic mass is 16.2. The van der Waals surface area contributed by atoms with E-state index in [-0.39, 0.29) is 23.3 Å². The van der Waals surface area contributed by atoms with E-state index in [0.717, 1.165) is 42.5 Å². The van der Waals surface area contributed by atoms with Crippen LogP contribution < -0.4 is 16.0 Å². The summed E-state index contributed by atoms with van der Waals surface area (Å²) < 4.78 is 0. The SMILES string of the molecule is CC1(C)CCc2c(-c3cc(NCc4cccnc4)nc(C(=O)NCC4CCC(=O)N4)c3)n[nH]c2C1. The first kappa shape index (κ1) is 23.0. The van der Waals surface area contributed by atoms with Crippen molar-refractivity contribution in [3.8, 4) is 11.3 Å². The van der Waals surface area contributed by atoms with E-state index in [2.05, 4.69) is 50.0 Å². The third-order valence-corrected chi connectivity index (χ3v) is 6.78. The van der Waals surface area contributed by atoms with Crippen molar-refractivity contribution in [2.24, 2.45) is 5.41 Å². The molecule has 4 N–H and O–H groups in total. The molecule has 2 aliphatic rings. The normalized spacial score (nSPS) is 18.6. The lowest BCUT2D eigenvalue weighted by atomic mass is 9.76. The molecule has 0 radical (unpaired) electrons. The second kappa shape index (κ2) is 9.48. The molecule has 2 amide bonds. The number of pyridine rings is 2. The van der Waals surface area contributed by atoms with Gasteiger partial charge in [0.2, 0.25) is 5.91 Å². The molecule has 3 aromatic rings. The van der Waals surface area contributed by atoms with Gasteiger partial charge in [-0.2, -0.15) is 5.10 Å².